The van der Waals surface area contributed by atoms with Gasteiger partial charge in [-0.2, -0.15) is 13.2 Å². The lowest BCUT2D eigenvalue weighted by molar-refractivity contribution is -0.141. The molecule has 0 bridgehead atoms. The average Bonchev–Trinajstić information content (AvgIpc) is 3.04. The fourth-order valence-corrected chi connectivity index (χ4v) is 3.69. The third kappa shape index (κ3) is 3.27. The van der Waals surface area contributed by atoms with Gasteiger partial charge in [0, 0.05) is 29.7 Å². The van der Waals surface area contributed by atoms with Crippen molar-refractivity contribution in [2.45, 2.75) is 25.1 Å². The van der Waals surface area contributed by atoms with Crippen molar-refractivity contribution >= 4 is 32.8 Å². The van der Waals surface area contributed by atoms with E-state index in [4.69, 9.17) is 0 Å². The fraction of sp³-hybridized carbons (Fsp3) is 0.353. The number of halogens is 4. The van der Waals surface area contributed by atoms with Crippen molar-refractivity contribution in [3.63, 3.8) is 0 Å². The van der Waals surface area contributed by atoms with Crippen molar-refractivity contribution in [1.82, 2.24) is 19.5 Å². The van der Waals surface area contributed by atoms with E-state index in [0.717, 1.165) is 40.7 Å². The number of aromatic nitrogens is 4. The molecule has 0 unspecified atom stereocenters. The van der Waals surface area contributed by atoms with Crippen LogP contribution in [0.3, 0.4) is 0 Å². The highest BCUT2D eigenvalue weighted by molar-refractivity contribution is 9.10. The molecule has 0 saturated carbocycles. The molecule has 9 heteroatoms. The lowest BCUT2D eigenvalue weighted by atomic mass is 10.0. The SMILES string of the molecule is FC(F)(F)c1cc(N2CCC(n3cnc4cc(Br)ccc43)CC2)ncn1. The van der Waals surface area contributed by atoms with Gasteiger partial charge in [0.1, 0.15) is 17.8 Å². The number of benzene rings is 1. The molecule has 0 spiro atoms. The van der Waals surface area contributed by atoms with Crippen LogP contribution in [0.2, 0.25) is 0 Å². The van der Waals surface area contributed by atoms with Crippen LogP contribution < -0.4 is 4.90 Å². The number of imidazole rings is 1. The Morgan fingerprint density at radius 3 is 2.54 bits per heavy atom. The predicted octanol–water partition coefficient (Wildman–Crippen LogP) is 4.45. The second kappa shape index (κ2) is 6.53. The molecule has 0 radical (unpaired) electrons. The van der Waals surface area contributed by atoms with Gasteiger partial charge in [-0.1, -0.05) is 15.9 Å². The van der Waals surface area contributed by atoms with Crippen molar-refractivity contribution < 1.29 is 13.2 Å². The number of alkyl halides is 3. The van der Waals surface area contributed by atoms with Gasteiger partial charge in [-0.25, -0.2) is 15.0 Å². The van der Waals surface area contributed by atoms with Gasteiger partial charge in [0.2, 0.25) is 0 Å². The van der Waals surface area contributed by atoms with Crippen LogP contribution in [0.25, 0.3) is 11.0 Å². The summed E-state index contributed by atoms with van der Waals surface area (Å²) in [7, 11) is 0. The minimum Gasteiger partial charge on any atom is -0.356 e. The quantitative estimate of drug-likeness (QED) is 0.608. The Labute approximate surface area is 156 Å². The van der Waals surface area contributed by atoms with Crippen LogP contribution in [0.1, 0.15) is 24.6 Å². The van der Waals surface area contributed by atoms with Gasteiger partial charge in [-0.15, -0.1) is 0 Å². The van der Waals surface area contributed by atoms with E-state index in [2.05, 4.69) is 35.4 Å². The second-order valence-electron chi connectivity index (χ2n) is 6.26. The molecule has 1 fully saturated rings. The largest absolute Gasteiger partial charge is 0.433 e. The van der Waals surface area contributed by atoms with Crippen LogP contribution in [0.5, 0.6) is 0 Å². The molecule has 1 saturated heterocycles. The van der Waals surface area contributed by atoms with Crippen molar-refractivity contribution in [3.05, 3.63) is 47.1 Å². The van der Waals surface area contributed by atoms with Crippen LogP contribution in [0.4, 0.5) is 19.0 Å². The van der Waals surface area contributed by atoms with E-state index in [0.29, 0.717) is 18.9 Å². The predicted molar refractivity (Wildman–Crippen MR) is 95.0 cm³/mol. The number of hydrogen-bond acceptors (Lipinski definition) is 4. The topological polar surface area (TPSA) is 46.8 Å². The van der Waals surface area contributed by atoms with Gasteiger partial charge < -0.3 is 9.47 Å². The molecule has 3 heterocycles. The minimum absolute atomic E-state index is 0.265. The Morgan fingerprint density at radius 2 is 1.81 bits per heavy atom. The van der Waals surface area contributed by atoms with Gasteiger partial charge in [0.15, 0.2) is 0 Å². The average molecular weight is 426 g/mol. The minimum atomic E-state index is -4.46. The van der Waals surface area contributed by atoms with Crippen LogP contribution in [-0.4, -0.2) is 32.6 Å². The monoisotopic (exact) mass is 425 g/mol. The van der Waals surface area contributed by atoms with E-state index in [1.807, 2.05) is 29.4 Å². The standard InChI is InChI=1S/C17H15BrF3N5/c18-11-1-2-14-13(7-11)24-10-26(14)12-3-5-25(6-4-12)16-8-15(17(19,20)21)22-9-23-16/h1-2,7-10,12H,3-6H2. The van der Waals surface area contributed by atoms with E-state index in [-0.39, 0.29) is 6.04 Å². The molecule has 26 heavy (non-hydrogen) atoms. The summed E-state index contributed by atoms with van der Waals surface area (Å²) in [6.07, 6.45) is -0.0187. The van der Waals surface area contributed by atoms with Crippen molar-refractivity contribution in [1.29, 1.82) is 0 Å². The van der Waals surface area contributed by atoms with Gasteiger partial charge >= 0.3 is 6.18 Å². The Bertz CT molecular complexity index is 932. The molecule has 0 atom stereocenters. The third-order valence-electron chi connectivity index (χ3n) is 4.66. The molecule has 2 aromatic heterocycles. The molecular weight excluding hydrogens is 411 g/mol. The number of anilines is 1. The van der Waals surface area contributed by atoms with Crippen LogP contribution in [0, 0.1) is 0 Å². The molecule has 0 amide bonds. The maximum Gasteiger partial charge on any atom is 0.433 e. The number of piperidine rings is 1. The van der Waals surface area contributed by atoms with E-state index in [1.165, 1.54) is 0 Å². The normalized spacial score (nSPS) is 16.4. The van der Waals surface area contributed by atoms with E-state index in [1.54, 1.807) is 0 Å². The lowest BCUT2D eigenvalue weighted by Gasteiger charge is -2.33. The van der Waals surface area contributed by atoms with Gasteiger partial charge in [-0.3, -0.25) is 0 Å². The molecule has 136 valence electrons. The molecular formula is C17H15BrF3N5. The second-order valence-corrected chi connectivity index (χ2v) is 7.18. The number of nitrogens with zero attached hydrogens (tertiary/aromatic N) is 5. The molecule has 1 aliphatic heterocycles. The first-order valence-corrected chi connectivity index (χ1v) is 8.97. The molecule has 1 aromatic carbocycles. The summed E-state index contributed by atoms with van der Waals surface area (Å²) >= 11 is 3.44. The summed E-state index contributed by atoms with van der Waals surface area (Å²) < 4.78 is 41.6. The number of rotatable bonds is 2. The van der Waals surface area contributed by atoms with Crippen molar-refractivity contribution in [3.8, 4) is 0 Å². The summed E-state index contributed by atoms with van der Waals surface area (Å²) in [5.74, 6) is 0.324. The first kappa shape index (κ1) is 17.3. The zero-order valence-corrected chi connectivity index (χ0v) is 15.2. The van der Waals surface area contributed by atoms with Gasteiger partial charge in [0.05, 0.1) is 17.4 Å². The fourth-order valence-electron chi connectivity index (χ4n) is 3.34. The van der Waals surface area contributed by atoms with Crippen LogP contribution in [0.15, 0.2) is 41.4 Å². The van der Waals surface area contributed by atoms with Gasteiger partial charge in [0.25, 0.3) is 0 Å². The summed E-state index contributed by atoms with van der Waals surface area (Å²) in [6.45, 7) is 1.27. The highest BCUT2D eigenvalue weighted by atomic mass is 79.9. The van der Waals surface area contributed by atoms with Crippen LogP contribution in [-0.2, 0) is 6.18 Å². The van der Waals surface area contributed by atoms with Crippen molar-refractivity contribution in [2.24, 2.45) is 0 Å². The Balaban J connectivity index is 1.50. The van der Waals surface area contributed by atoms with E-state index >= 15 is 0 Å². The first-order valence-electron chi connectivity index (χ1n) is 8.18. The maximum atomic E-state index is 12.8. The zero-order valence-electron chi connectivity index (χ0n) is 13.6. The Hall–Kier alpha value is -2.16. The lowest BCUT2D eigenvalue weighted by Crippen LogP contribution is -2.35. The molecule has 0 N–H and O–H groups in total. The van der Waals surface area contributed by atoms with E-state index in [9.17, 15) is 13.2 Å². The van der Waals surface area contributed by atoms with Crippen LogP contribution >= 0.6 is 15.9 Å². The Kier molecular flexibility index (Phi) is 4.34. The van der Waals surface area contributed by atoms with E-state index < -0.39 is 11.9 Å². The number of hydrogen-bond donors (Lipinski definition) is 0. The molecule has 5 nitrogen and oxygen atoms in total. The Morgan fingerprint density at radius 1 is 1.04 bits per heavy atom. The highest BCUT2D eigenvalue weighted by Gasteiger charge is 2.33. The molecule has 3 aromatic rings. The zero-order chi connectivity index (χ0) is 18.3. The summed E-state index contributed by atoms with van der Waals surface area (Å²) in [4.78, 5) is 13.7. The molecule has 4 rings (SSSR count). The maximum absolute atomic E-state index is 12.8. The molecule has 0 aliphatic carbocycles. The van der Waals surface area contributed by atoms with Gasteiger partial charge in [-0.05, 0) is 31.0 Å². The third-order valence-corrected chi connectivity index (χ3v) is 5.16. The highest BCUT2D eigenvalue weighted by Crippen LogP contribution is 2.32. The first-order chi connectivity index (χ1) is 12.4. The summed E-state index contributed by atoms with van der Waals surface area (Å²) in [5, 5.41) is 0. The number of fused-ring (bicyclic) bond motifs is 1. The summed E-state index contributed by atoms with van der Waals surface area (Å²) in [5.41, 5.74) is 1.08. The van der Waals surface area contributed by atoms with Crippen molar-refractivity contribution in [2.75, 3.05) is 18.0 Å². The summed E-state index contributed by atoms with van der Waals surface area (Å²) in [6, 6.07) is 7.26. The smallest absolute Gasteiger partial charge is 0.356 e. The molecule has 1 aliphatic rings.